The molecule has 0 unspecified atom stereocenters. The summed E-state index contributed by atoms with van der Waals surface area (Å²) >= 11 is 12.1. The maximum Gasteiger partial charge on any atom is 0.259 e. The van der Waals surface area contributed by atoms with Crippen LogP contribution in [-0.4, -0.2) is 5.91 Å². The van der Waals surface area contributed by atoms with Crippen molar-refractivity contribution in [2.24, 2.45) is 0 Å². The smallest absolute Gasteiger partial charge is 0.259 e. The van der Waals surface area contributed by atoms with Crippen molar-refractivity contribution < 1.29 is 4.79 Å². The molecule has 0 radical (unpaired) electrons. The van der Waals surface area contributed by atoms with Gasteiger partial charge in [0.05, 0.1) is 5.17 Å². The molecule has 0 aromatic heterocycles. The minimum Gasteiger partial charge on any atom is -0.348 e. The van der Waals surface area contributed by atoms with Gasteiger partial charge >= 0.3 is 0 Å². The Hall–Kier alpha value is 0.910. The largest absolute Gasteiger partial charge is 0.348 e. The number of nitrogens with one attached hydrogen (secondary N) is 1. The fourth-order valence-corrected chi connectivity index (χ4v) is 1.89. The highest BCUT2D eigenvalue weighted by molar-refractivity contribution is 14.2. The molecular formula is C10H7ClI3NO. The van der Waals surface area contributed by atoms with E-state index in [0.29, 0.717) is 15.1 Å². The van der Waals surface area contributed by atoms with Gasteiger partial charge in [-0.3, -0.25) is 4.79 Å². The van der Waals surface area contributed by atoms with Crippen LogP contribution in [0.3, 0.4) is 0 Å². The lowest BCUT2D eigenvalue weighted by Gasteiger charge is -2.05. The number of amides is 1. The molecule has 1 N–H and O–H groups in total. The van der Waals surface area contributed by atoms with E-state index in [-0.39, 0.29) is 5.91 Å². The van der Waals surface area contributed by atoms with Crippen LogP contribution in [0, 0.1) is 0 Å². The highest BCUT2D eigenvalue weighted by Crippen LogP contribution is 2.25. The number of hydrogen-bond acceptors (Lipinski definition) is 1. The van der Waals surface area contributed by atoms with Crippen molar-refractivity contribution in [1.29, 1.82) is 0 Å². The van der Waals surface area contributed by atoms with Gasteiger partial charge in [-0.25, -0.2) is 0 Å². The second kappa shape index (κ2) is 7.37. The van der Waals surface area contributed by atoms with Crippen LogP contribution in [0.2, 0.25) is 5.02 Å². The van der Waals surface area contributed by atoms with Crippen LogP contribution in [0.15, 0.2) is 29.4 Å². The van der Waals surface area contributed by atoms with Crippen molar-refractivity contribution in [1.82, 2.24) is 5.32 Å². The van der Waals surface area contributed by atoms with Crippen LogP contribution in [-0.2, 0) is 11.3 Å². The highest BCUT2D eigenvalue weighted by Gasteiger charge is 2.08. The molecule has 2 nitrogen and oxygen atoms in total. The van der Waals surface area contributed by atoms with Crippen LogP contribution < -0.4 is 5.32 Å². The van der Waals surface area contributed by atoms with Crippen molar-refractivity contribution >= 4 is 85.3 Å². The van der Waals surface area contributed by atoms with Gasteiger partial charge in [-0.1, -0.05) is 23.7 Å². The Bertz CT molecular complexity index is 430. The monoisotopic (exact) mass is 573 g/mol. The van der Waals surface area contributed by atoms with Crippen molar-refractivity contribution in [3.8, 4) is 0 Å². The van der Waals surface area contributed by atoms with Gasteiger partial charge in [-0.15, -0.1) is 0 Å². The molecule has 1 rings (SSSR count). The molecule has 0 saturated heterocycles. The third-order valence-electron chi connectivity index (χ3n) is 1.71. The first kappa shape index (κ1) is 15.0. The van der Waals surface area contributed by atoms with Crippen LogP contribution >= 0.6 is 79.4 Å². The molecule has 1 amide bonds. The summed E-state index contributed by atoms with van der Waals surface area (Å²) in [7, 11) is 0. The Balaban J connectivity index is 2.59. The Morgan fingerprint density at radius 2 is 2.00 bits per heavy atom. The Kier molecular flexibility index (Phi) is 6.89. The maximum absolute atomic E-state index is 11.6. The van der Waals surface area contributed by atoms with Gasteiger partial charge in [-0.05, 0) is 85.5 Å². The lowest BCUT2D eigenvalue weighted by molar-refractivity contribution is -0.116. The minimum atomic E-state index is -0.0561. The fourth-order valence-electron chi connectivity index (χ4n) is 0.993. The van der Waals surface area contributed by atoms with E-state index in [4.69, 9.17) is 11.6 Å². The first-order chi connectivity index (χ1) is 7.50. The predicted molar refractivity (Wildman–Crippen MR) is 92.4 cm³/mol. The fraction of sp³-hybridized carbons (Fsp3) is 0.100. The molecule has 1 aromatic carbocycles. The number of rotatable bonds is 3. The van der Waals surface area contributed by atoms with E-state index in [1.807, 2.05) is 46.9 Å². The summed E-state index contributed by atoms with van der Waals surface area (Å²) in [5, 5.41) is 3.52. The molecule has 86 valence electrons. The zero-order chi connectivity index (χ0) is 12.1. The van der Waals surface area contributed by atoms with Gasteiger partial charge < -0.3 is 5.32 Å². The molecule has 0 aliphatic carbocycles. The summed E-state index contributed by atoms with van der Waals surface area (Å²) in [6, 6.07) is 7.45. The summed E-state index contributed by atoms with van der Waals surface area (Å²) in [4.78, 5) is 11.6. The van der Waals surface area contributed by atoms with E-state index in [2.05, 4.69) is 50.5 Å². The third kappa shape index (κ3) is 5.05. The SMILES string of the molecule is O=C(NCc1cccc(Cl)c1)C(I)=C(I)I. The molecule has 1 aromatic rings. The van der Waals surface area contributed by atoms with E-state index >= 15 is 0 Å². The normalized spacial score (nSPS) is 9.75. The van der Waals surface area contributed by atoms with Gasteiger partial charge in [0.15, 0.2) is 0 Å². The molecule has 16 heavy (non-hydrogen) atoms. The summed E-state index contributed by atoms with van der Waals surface area (Å²) in [5.41, 5.74) is 0.994. The minimum absolute atomic E-state index is 0.0561. The Morgan fingerprint density at radius 1 is 1.31 bits per heavy atom. The van der Waals surface area contributed by atoms with E-state index in [1.54, 1.807) is 0 Å². The van der Waals surface area contributed by atoms with Crippen LogP contribution in [0.1, 0.15) is 5.56 Å². The van der Waals surface area contributed by atoms with Crippen molar-refractivity contribution in [3.05, 3.63) is 40.0 Å². The molecule has 0 aliphatic rings. The molecule has 0 aliphatic heterocycles. The second-order valence-electron chi connectivity index (χ2n) is 2.89. The lowest BCUT2D eigenvalue weighted by Crippen LogP contribution is -2.22. The average molecular weight is 573 g/mol. The van der Waals surface area contributed by atoms with Gasteiger partial charge in [0.2, 0.25) is 0 Å². The highest BCUT2D eigenvalue weighted by atomic mass is 127. The molecular weight excluding hydrogens is 566 g/mol. The van der Waals surface area contributed by atoms with E-state index in [9.17, 15) is 4.79 Å². The quantitative estimate of drug-likeness (QED) is 0.421. The number of halogens is 4. The zero-order valence-electron chi connectivity index (χ0n) is 7.94. The second-order valence-corrected chi connectivity index (χ2v) is 8.62. The first-order valence-corrected chi connectivity index (χ1v) is 7.85. The average Bonchev–Trinajstić information content (AvgIpc) is 2.24. The van der Waals surface area contributed by atoms with Crippen LogP contribution in [0.5, 0.6) is 0 Å². The van der Waals surface area contributed by atoms with Crippen LogP contribution in [0.25, 0.3) is 0 Å². The molecule has 0 spiro atoms. The molecule has 0 saturated carbocycles. The number of carbonyl (C=O) groups excluding carboxylic acids is 1. The molecule has 0 heterocycles. The Labute approximate surface area is 140 Å². The summed E-state index contributed by atoms with van der Waals surface area (Å²) in [6.45, 7) is 0.493. The molecule has 6 heteroatoms. The number of carbonyl (C=O) groups is 1. The van der Waals surface area contributed by atoms with Crippen molar-refractivity contribution in [2.45, 2.75) is 6.54 Å². The van der Waals surface area contributed by atoms with Crippen molar-refractivity contribution in [2.75, 3.05) is 0 Å². The van der Waals surface area contributed by atoms with Crippen LogP contribution in [0.4, 0.5) is 0 Å². The zero-order valence-corrected chi connectivity index (χ0v) is 15.2. The van der Waals surface area contributed by atoms with Gasteiger partial charge in [0.25, 0.3) is 5.91 Å². The van der Waals surface area contributed by atoms with Gasteiger partial charge in [0.1, 0.15) is 0 Å². The summed E-state index contributed by atoms with van der Waals surface area (Å²) in [5.74, 6) is -0.0561. The Morgan fingerprint density at radius 3 is 2.56 bits per heavy atom. The standard InChI is InChI=1S/C10H7ClI3NO/c11-7-3-1-2-6(4-7)5-15-10(16)8(12)9(13)14/h1-4H,5H2,(H,15,16). The topological polar surface area (TPSA) is 29.1 Å². The summed E-state index contributed by atoms with van der Waals surface area (Å²) in [6.07, 6.45) is 0. The van der Waals surface area contributed by atoms with E-state index < -0.39 is 0 Å². The molecule has 0 atom stereocenters. The van der Waals surface area contributed by atoms with E-state index in [0.717, 1.165) is 7.15 Å². The predicted octanol–water partition coefficient (Wildman–Crippen LogP) is 4.43. The molecule has 0 fully saturated rings. The molecule has 0 bridgehead atoms. The van der Waals surface area contributed by atoms with E-state index in [1.165, 1.54) is 0 Å². The summed E-state index contributed by atoms with van der Waals surface area (Å²) < 4.78 is 1.67. The first-order valence-electron chi connectivity index (χ1n) is 4.24. The lowest BCUT2D eigenvalue weighted by atomic mass is 10.2. The number of benzene rings is 1. The van der Waals surface area contributed by atoms with Gasteiger partial charge in [0, 0.05) is 11.6 Å². The van der Waals surface area contributed by atoms with Gasteiger partial charge in [-0.2, -0.15) is 0 Å². The maximum atomic E-state index is 11.6. The third-order valence-corrected chi connectivity index (χ3v) is 6.11. The number of hydrogen-bond donors (Lipinski definition) is 1. The van der Waals surface area contributed by atoms with Crippen molar-refractivity contribution in [3.63, 3.8) is 0 Å².